The largest absolute Gasteiger partial charge is 0.481 e. The van der Waals surface area contributed by atoms with Crippen LogP contribution in [0.2, 0.25) is 5.02 Å². The van der Waals surface area contributed by atoms with Crippen molar-refractivity contribution in [3.63, 3.8) is 0 Å². The number of carbonyl (C=O) groups is 2. The summed E-state index contributed by atoms with van der Waals surface area (Å²) in [4.78, 5) is 22.2. The molecule has 2 amide bonds. The average molecular weight is 289 g/mol. The number of urea groups is 1. The predicted molar refractivity (Wildman–Crippen MR) is 69.9 cm³/mol. The van der Waals surface area contributed by atoms with Crippen molar-refractivity contribution in [3.05, 3.63) is 29.0 Å². The number of anilines is 1. The van der Waals surface area contributed by atoms with Crippen LogP contribution in [-0.2, 0) is 4.79 Å². The molecule has 7 heteroatoms. The lowest BCUT2D eigenvalue weighted by Gasteiger charge is -2.15. The molecule has 19 heavy (non-hydrogen) atoms. The Bertz CT molecular complexity index is 482. The molecule has 0 aliphatic rings. The fraction of sp³-hybridized carbons (Fsp3) is 0.333. The van der Waals surface area contributed by atoms with E-state index < -0.39 is 23.9 Å². The van der Waals surface area contributed by atoms with Gasteiger partial charge in [-0.05, 0) is 18.6 Å². The third-order valence-corrected chi connectivity index (χ3v) is 2.74. The SMILES string of the molecule is CCC(CC(=O)O)NC(=O)Nc1cccc(Cl)c1F. The minimum atomic E-state index is -1.01. The minimum absolute atomic E-state index is 0.0600. The van der Waals surface area contributed by atoms with E-state index in [0.29, 0.717) is 6.42 Å². The zero-order valence-corrected chi connectivity index (χ0v) is 11.0. The summed E-state index contributed by atoms with van der Waals surface area (Å²) in [5.74, 6) is -1.74. The van der Waals surface area contributed by atoms with E-state index in [4.69, 9.17) is 16.7 Å². The topological polar surface area (TPSA) is 78.4 Å². The summed E-state index contributed by atoms with van der Waals surface area (Å²) in [6.45, 7) is 1.74. The second-order valence-electron chi connectivity index (χ2n) is 3.90. The fourth-order valence-electron chi connectivity index (χ4n) is 1.45. The number of halogens is 2. The van der Waals surface area contributed by atoms with Crippen molar-refractivity contribution in [2.75, 3.05) is 5.32 Å². The second-order valence-corrected chi connectivity index (χ2v) is 4.31. The number of hydrogen-bond acceptors (Lipinski definition) is 2. The molecule has 0 saturated heterocycles. The van der Waals surface area contributed by atoms with Gasteiger partial charge >= 0.3 is 12.0 Å². The average Bonchev–Trinajstić information content (AvgIpc) is 2.33. The lowest BCUT2D eigenvalue weighted by molar-refractivity contribution is -0.137. The highest BCUT2D eigenvalue weighted by Gasteiger charge is 2.15. The predicted octanol–water partition coefficient (Wildman–Crippen LogP) is 2.85. The normalized spacial score (nSPS) is 11.7. The van der Waals surface area contributed by atoms with Gasteiger partial charge in [-0.3, -0.25) is 4.79 Å². The van der Waals surface area contributed by atoms with Crippen molar-refractivity contribution in [2.24, 2.45) is 0 Å². The molecule has 0 heterocycles. The number of amides is 2. The van der Waals surface area contributed by atoms with Crippen molar-refractivity contribution in [2.45, 2.75) is 25.8 Å². The van der Waals surface area contributed by atoms with Crippen molar-refractivity contribution in [1.29, 1.82) is 0 Å². The Morgan fingerprint density at radius 1 is 1.47 bits per heavy atom. The van der Waals surface area contributed by atoms with Crippen molar-refractivity contribution in [1.82, 2.24) is 5.32 Å². The molecule has 0 aromatic heterocycles. The molecule has 1 rings (SSSR count). The standard InChI is InChI=1S/C12H14ClFN2O3/c1-2-7(6-10(17)18)15-12(19)16-9-5-3-4-8(13)11(9)14/h3-5,7H,2,6H2,1H3,(H,17,18)(H2,15,16,19). The summed E-state index contributed by atoms with van der Waals surface area (Å²) in [7, 11) is 0. The summed E-state index contributed by atoms with van der Waals surface area (Å²) < 4.78 is 13.5. The maximum atomic E-state index is 13.5. The van der Waals surface area contributed by atoms with Crippen LogP contribution < -0.4 is 10.6 Å². The maximum Gasteiger partial charge on any atom is 0.319 e. The van der Waals surface area contributed by atoms with Gasteiger partial charge in [-0.15, -0.1) is 0 Å². The van der Waals surface area contributed by atoms with E-state index >= 15 is 0 Å². The maximum absolute atomic E-state index is 13.5. The Morgan fingerprint density at radius 3 is 2.74 bits per heavy atom. The number of carboxylic acids is 1. The van der Waals surface area contributed by atoms with E-state index in [2.05, 4.69) is 10.6 Å². The molecule has 0 aliphatic heterocycles. The number of nitrogens with one attached hydrogen (secondary N) is 2. The molecule has 0 aliphatic carbocycles. The number of rotatable bonds is 5. The summed E-state index contributed by atoms with van der Waals surface area (Å²) in [6, 6.07) is 3.03. The molecule has 1 aromatic rings. The third kappa shape index (κ3) is 4.75. The third-order valence-electron chi connectivity index (χ3n) is 2.45. The zero-order valence-electron chi connectivity index (χ0n) is 10.2. The van der Waals surface area contributed by atoms with Gasteiger partial charge in [-0.25, -0.2) is 9.18 Å². The molecule has 0 bridgehead atoms. The zero-order chi connectivity index (χ0) is 14.4. The van der Waals surface area contributed by atoms with Crippen LogP contribution in [0.15, 0.2) is 18.2 Å². The highest BCUT2D eigenvalue weighted by atomic mass is 35.5. The molecule has 5 nitrogen and oxygen atoms in total. The van der Waals surface area contributed by atoms with Crippen LogP contribution in [0.3, 0.4) is 0 Å². The van der Waals surface area contributed by atoms with Gasteiger partial charge in [-0.1, -0.05) is 24.6 Å². The van der Waals surface area contributed by atoms with E-state index in [0.717, 1.165) is 0 Å². The number of benzene rings is 1. The first-order chi connectivity index (χ1) is 8.93. The summed E-state index contributed by atoms with van der Waals surface area (Å²) in [5, 5.41) is 13.3. The summed E-state index contributed by atoms with van der Waals surface area (Å²) in [5.41, 5.74) is -0.0600. The highest BCUT2D eigenvalue weighted by Crippen LogP contribution is 2.21. The molecular weight excluding hydrogens is 275 g/mol. The smallest absolute Gasteiger partial charge is 0.319 e. The molecule has 0 radical (unpaired) electrons. The molecule has 3 N–H and O–H groups in total. The van der Waals surface area contributed by atoms with Crippen LogP contribution in [0.25, 0.3) is 0 Å². The van der Waals surface area contributed by atoms with Gasteiger partial charge in [0.1, 0.15) is 0 Å². The fourth-order valence-corrected chi connectivity index (χ4v) is 1.63. The van der Waals surface area contributed by atoms with Gasteiger partial charge in [0.05, 0.1) is 17.1 Å². The Hall–Kier alpha value is -1.82. The summed E-state index contributed by atoms with van der Waals surface area (Å²) >= 11 is 5.57. The van der Waals surface area contributed by atoms with Crippen LogP contribution in [0.1, 0.15) is 19.8 Å². The van der Waals surface area contributed by atoms with Gasteiger partial charge in [0.2, 0.25) is 0 Å². The van der Waals surface area contributed by atoms with Crippen LogP contribution in [0.5, 0.6) is 0 Å². The molecule has 0 saturated carbocycles. The summed E-state index contributed by atoms with van der Waals surface area (Å²) in [6.07, 6.45) is 0.264. The molecule has 1 aromatic carbocycles. The van der Waals surface area contributed by atoms with Crippen LogP contribution >= 0.6 is 11.6 Å². The monoisotopic (exact) mass is 288 g/mol. The quantitative estimate of drug-likeness (QED) is 0.779. The van der Waals surface area contributed by atoms with Crippen LogP contribution in [-0.4, -0.2) is 23.1 Å². The van der Waals surface area contributed by atoms with Gasteiger partial charge in [-0.2, -0.15) is 0 Å². The second kappa shape index (κ2) is 6.94. The molecule has 0 spiro atoms. The molecular formula is C12H14ClFN2O3. The van der Waals surface area contributed by atoms with Crippen molar-refractivity contribution >= 4 is 29.3 Å². The highest BCUT2D eigenvalue weighted by molar-refractivity contribution is 6.31. The Balaban J connectivity index is 2.64. The van der Waals surface area contributed by atoms with E-state index in [9.17, 15) is 14.0 Å². The first kappa shape index (κ1) is 15.2. The number of carbonyl (C=O) groups excluding carboxylic acids is 1. The lowest BCUT2D eigenvalue weighted by Crippen LogP contribution is -2.39. The Kier molecular flexibility index (Phi) is 5.57. The van der Waals surface area contributed by atoms with Crippen LogP contribution in [0.4, 0.5) is 14.9 Å². The molecule has 104 valence electrons. The van der Waals surface area contributed by atoms with E-state index in [-0.39, 0.29) is 17.1 Å². The lowest BCUT2D eigenvalue weighted by atomic mass is 10.1. The first-order valence-corrected chi connectivity index (χ1v) is 6.05. The van der Waals surface area contributed by atoms with Gasteiger partial charge in [0.15, 0.2) is 5.82 Å². The number of aliphatic carboxylic acids is 1. The molecule has 0 fully saturated rings. The van der Waals surface area contributed by atoms with Gasteiger partial charge in [0.25, 0.3) is 0 Å². The molecule has 1 unspecified atom stereocenters. The minimum Gasteiger partial charge on any atom is -0.481 e. The van der Waals surface area contributed by atoms with Crippen LogP contribution in [0, 0.1) is 5.82 Å². The molecule has 1 atom stereocenters. The first-order valence-electron chi connectivity index (χ1n) is 5.67. The van der Waals surface area contributed by atoms with Crippen molar-refractivity contribution < 1.29 is 19.1 Å². The Morgan fingerprint density at radius 2 is 2.16 bits per heavy atom. The number of carboxylic acid groups (broad SMARTS) is 1. The van der Waals surface area contributed by atoms with E-state index in [1.54, 1.807) is 6.92 Å². The van der Waals surface area contributed by atoms with Gasteiger partial charge < -0.3 is 15.7 Å². The van der Waals surface area contributed by atoms with Gasteiger partial charge in [0, 0.05) is 6.04 Å². The van der Waals surface area contributed by atoms with E-state index in [1.807, 2.05) is 0 Å². The Labute approximate surface area is 114 Å². The number of hydrogen-bond donors (Lipinski definition) is 3. The van der Waals surface area contributed by atoms with Crippen molar-refractivity contribution in [3.8, 4) is 0 Å². The van der Waals surface area contributed by atoms with E-state index in [1.165, 1.54) is 18.2 Å².